The Labute approximate surface area is 241 Å². The van der Waals surface area contributed by atoms with Gasteiger partial charge in [-0.05, 0) is 55.9 Å². The summed E-state index contributed by atoms with van der Waals surface area (Å²) in [6.45, 7) is 4.29. The largest absolute Gasteiger partial charge is 0.361 e. The quantitative estimate of drug-likeness (QED) is 0.337. The second-order valence-corrected chi connectivity index (χ2v) is 13.4. The van der Waals surface area contributed by atoms with Gasteiger partial charge < -0.3 is 20.9 Å². The van der Waals surface area contributed by atoms with Gasteiger partial charge in [0.1, 0.15) is 6.04 Å². The van der Waals surface area contributed by atoms with E-state index in [1.807, 2.05) is 53.6 Å². The molecule has 3 aromatic rings. The van der Waals surface area contributed by atoms with Gasteiger partial charge in [-0.15, -0.1) is 12.4 Å². The molecule has 0 bridgehead atoms. The molecular weight excluding hydrogens is 550 g/mol. The number of fused-ring (bicyclic) bond motifs is 3. The zero-order chi connectivity index (χ0) is 28.0. The molecule has 1 unspecified atom stereocenters. The molecule has 2 atom stereocenters. The summed E-state index contributed by atoms with van der Waals surface area (Å²) in [4.78, 5) is 31.8. The third-order valence-electron chi connectivity index (χ3n) is 8.18. The predicted molar refractivity (Wildman–Crippen MR) is 159 cm³/mol. The van der Waals surface area contributed by atoms with Crippen molar-refractivity contribution in [3.8, 4) is 0 Å². The van der Waals surface area contributed by atoms with Crippen molar-refractivity contribution >= 4 is 45.1 Å². The van der Waals surface area contributed by atoms with E-state index < -0.39 is 21.6 Å². The molecule has 0 radical (unpaired) electrons. The summed E-state index contributed by atoms with van der Waals surface area (Å²) in [5, 5.41) is 3.94. The minimum absolute atomic E-state index is 0. The molecule has 5 N–H and O–H groups in total. The Bertz CT molecular complexity index is 1510. The Kier molecular flexibility index (Phi) is 8.38. The van der Waals surface area contributed by atoms with E-state index in [0.717, 1.165) is 27.6 Å². The lowest BCUT2D eigenvalue weighted by Gasteiger charge is -2.41. The number of likely N-dealkylation sites (tertiary alicyclic amines) is 1. The van der Waals surface area contributed by atoms with Crippen molar-refractivity contribution in [3.05, 3.63) is 71.4 Å². The third-order valence-corrected chi connectivity index (χ3v) is 8.89. The molecule has 216 valence electrons. The average Bonchev–Trinajstić information content (AvgIpc) is 3.41. The van der Waals surface area contributed by atoms with Crippen molar-refractivity contribution in [2.45, 2.75) is 62.6 Å². The maximum absolute atomic E-state index is 13.9. The van der Waals surface area contributed by atoms with Crippen LogP contribution < -0.4 is 15.8 Å². The number of halogens is 1. The second kappa shape index (κ2) is 11.2. The van der Waals surface area contributed by atoms with E-state index in [0.29, 0.717) is 38.8 Å². The molecule has 5 rings (SSSR count). The number of nitrogens with zero attached hydrogens (tertiary/aromatic N) is 1. The Balaban J connectivity index is 0.00000370. The van der Waals surface area contributed by atoms with E-state index in [1.165, 1.54) is 6.26 Å². The van der Waals surface area contributed by atoms with Gasteiger partial charge in [0.05, 0.1) is 11.8 Å². The van der Waals surface area contributed by atoms with Gasteiger partial charge in [0.25, 0.3) is 0 Å². The first-order chi connectivity index (χ1) is 18.4. The molecule has 1 aromatic heterocycles. The number of hydrogen-bond donors (Lipinski definition) is 4. The fourth-order valence-electron chi connectivity index (χ4n) is 6.17. The number of sulfonamides is 1. The fourth-order valence-corrected chi connectivity index (χ4v) is 6.90. The van der Waals surface area contributed by atoms with E-state index in [4.69, 9.17) is 5.73 Å². The summed E-state index contributed by atoms with van der Waals surface area (Å²) in [7, 11) is -3.37. The summed E-state index contributed by atoms with van der Waals surface area (Å²) in [5.74, 6) is -0.515. The number of piperidine rings is 1. The molecule has 2 aromatic carbocycles. The van der Waals surface area contributed by atoms with Crippen molar-refractivity contribution < 1.29 is 18.0 Å². The Morgan fingerprint density at radius 1 is 1.12 bits per heavy atom. The highest BCUT2D eigenvalue weighted by atomic mass is 35.5. The van der Waals surface area contributed by atoms with Crippen LogP contribution in [-0.2, 0) is 31.4 Å². The maximum atomic E-state index is 13.9. The van der Waals surface area contributed by atoms with E-state index in [-0.39, 0.29) is 35.7 Å². The zero-order valence-corrected chi connectivity index (χ0v) is 24.7. The number of hydrogen-bond acceptors (Lipinski definition) is 5. The first-order valence-corrected chi connectivity index (χ1v) is 15.3. The van der Waals surface area contributed by atoms with Gasteiger partial charge in [-0.1, -0.05) is 42.5 Å². The van der Waals surface area contributed by atoms with Crippen LogP contribution >= 0.6 is 12.4 Å². The van der Waals surface area contributed by atoms with Crippen LogP contribution in [0.2, 0.25) is 0 Å². The van der Waals surface area contributed by atoms with Crippen molar-refractivity contribution in [2.75, 3.05) is 19.3 Å². The Hall–Kier alpha value is -2.92. The number of para-hydroxylation sites is 1. The average molecular weight is 588 g/mol. The van der Waals surface area contributed by atoms with Crippen LogP contribution in [0.15, 0.2) is 54.7 Å². The lowest BCUT2D eigenvalue weighted by atomic mass is 9.73. The lowest BCUT2D eigenvalue weighted by molar-refractivity contribution is -0.138. The minimum atomic E-state index is -3.37. The SMILES string of the molecule is CC(C)(N)C(=O)N[C@H](Cc1c[nH]c2ccccc12)C(=O)N1CCC2(CC1)CC(NS(C)(=O)=O)c1ccccc12.Cl. The molecule has 40 heavy (non-hydrogen) atoms. The van der Waals surface area contributed by atoms with Crippen LogP contribution in [-0.4, -0.2) is 61.0 Å². The van der Waals surface area contributed by atoms with Gasteiger partial charge in [0, 0.05) is 48.1 Å². The lowest BCUT2D eigenvalue weighted by Crippen LogP contribution is -2.58. The fraction of sp³-hybridized carbons (Fsp3) is 0.448. The van der Waals surface area contributed by atoms with Crippen molar-refractivity contribution in [1.82, 2.24) is 19.9 Å². The first kappa shape index (κ1) is 30.0. The molecule has 1 aliphatic carbocycles. The number of amides is 2. The highest BCUT2D eigenvalue weighted by Crippen LogP contribution is 2.51. The van der Waals surface area contributed by atoms with Gasteiger partial charge in [-0.3, -0.25) is 9.59 Å². The molecule has 1 aliphatic heterocycles. The van der Waals surface area contributed by atoms with Crippen LogP contribution in [0.4, 0.5) is 0 Å². The monoisotopic (exact) mass is 587 g/mol. The van der Waals surface area contributed by atoms with E-state index in [1.54, 1.807) is 13.8 Å². The molecule has 2 aliphatic rings. The van der Waals surface area contributed by atoms with Crippen LogP contribution in [0.1, 0.15) is 55.8 Å². The smallest absolute Gasteiger partial charge is 0.245 e. The molecule has 1 fully saturated rings. The minimum Gasteiger partial charge on any atom is -0.361 e. The summed E-state index contributed by atoms with van der Waals surface area (Å²) in [6.07, 6.45) is 5.52. The van der Waals surface area contributed by atoms with Crippen LogP contribution in [0.25, 0.3) is 10.9 Å². The number of carbonyl (C=O) groups is 2. The van der Waals surface area contributed by atoms with Crippen LogP contribution in [0, 0.1) is 0 Å². The number of benzene rings is 2. The highest BCUT2D eigenvalue weighted by molar-refractivity contribution is 7.88. The van der Waals surface area contributed by atoms with E-state index in [2.05, 4.69) is 21.1 Å². The molecule has 9 nitrogen and oxygen atoms in total. The van der Waals surface area contributed by atoms with E-state index >= 15 is 0 Å². The Morgan fingerprint density at radius 3 is 2.45 bits per heavy atom. The Morgan fingerprint density at radius 2 is 1.77 bits per heavy atom. The maximum Gasteiger partial charge on any atom is 0.245 e. The summed E-state index contributed by atoms with van der Waals surface area (Å²) in [5.41, 5.74) is 8.82. The predicted octanol–water partition coefficient (Wildman–Crippen LogP) is 2.91. The molecule has 11 heteroatoms. The third kappa shape index (κ3) is 6.05. The summed E-state index contributed by atoms with van der Waals surface area (Å²) < 4.78 is 26.9. The normalized spacial score (nSPS) is 19.2. The second-order valence-electron chi connectivity index (χ2n) is 11.7. The van der Waals surface area contributed by atoms with Crippen LogP contribution in [0.5, 0.6) is 0 Å². The molecule has 1 saturated heterocycles. The van der Waals surface area contributed by atoms with Gasteiger partial charge in [-0.25, -0.2) is 13.1 Å². The van der Waals surface area contributed by atoms with Crippen molar-refractivity contribution in [3.63, 3.8) is 0 Å². The number of aromatic amines is 1. The number of aromatic nitrogens is 1. The molecular formula is C29H38ClN5O4S. The molecule has 2 heterocycles. The van der Waals surface area contributed by atoms with Crippen molar-refractivity contribution in [1.29, 1.82) is 0 Å². The number of H-pyrrole nitrogens is 1. The number of rotatable bonds is 7. The highest BCUT2D eigenvalue weighted by Gasteiger charge is 2.47. The standard InChI is InChI=1S/C29H37N5O4S.ClH/c1-28(2,30)27(36)32-24(16-19-18-31-23-11-7-5-8-20(19)23)26(35)34-14-12-29(13-15-34)17-25(33-39(3,37)38)21-9-4-6-10-22(21)29;/h4-11,18,24-25,31,33H,12-17,30H2,1-3H3,(H,32,36);1H/t24-,25?;/m1./s1. The number of nitrogens with two attached hydrogens (primary N) is 1. The van der Waals surface area contributed by atoms with Gasteiger partial charge in [0.15, 0.2) is 0 Å². The van der Waals surface area contributed by atoms with E-state index in [9.17, 15) is 18.0 Å². The topological polar surface area (TPSA) is 137 Å². The van der Waals surface area contributed by atoms with Crippen molar-refractivity contribution in [2.24, 2.45) is 5.73 Å². The molecule has 1 spiro atoms. The first-order valence-electron chi connectivity index (χ1n) is 13.4. The zero-order valence-electron chi connectivity index (χ0n) is 23.1. The number of nitrogens with one attached hydrogen (secondary N) is 3. The summed E-state index contributed by atoms with van der Waals surface area (Å²) in [6, 6.07) is 14.8. The van der Waals surface area contributed by atoms with Gasteiger partial charge >= 0.3 is 0 Å². The molecule has 2 amide bonds. The van der Waals surface area contributed by atoms with Crippen LogP contribution in [0.3, 0.4) is 0 Å². The van der Waals surface area contributed by atoms with Gasteiger partial charge in [0.2, 0.25) is 21.8 Å². The molecule has 0 saturated carbocycles. The number of carbonyl (C=O) groups excluding carboxylic acids is 2. The van der Waals surface area contributed by atoms with Gasteiger partial charge in [-0.2, -0.15) is 0 Å². The summed E-state index contributed by atoms with van der Waals surface area (Å²) >= 11 is 0.